The molecule has 0 N–H and O–H groups in total. The van der Waals surface area contributed by atoms with Gasteiger partial charge in [0.25, 0.3) is 0 Å². The molecule has 15 heavy (non-hydrogen) atoms. The van der Waals surface area contributed by atoms with E-state index in [1.54, 1.807) is 12.1 Å². The maximum Gasteiger partial charge on any atom is 0.204 e. The van der Waals surface area contributed by atoms with E-state index >= 15 is 0 Å². The van der Waals surface area contributed by atoms with Crippen LogP contribution >= 0.6 is 35.8 Å². The van der Waals surface area contributed by atoms with Crippen molar-refractivity contribution in [2.45, 2.75) is 24.6 Å². The Kier molecular flexibility index (Phi) is 4.10. The van der Waals surface area contributed by atoms with Crippen molar-refractivity contribution in [3.8, 4) is 0 Å². The van der Waals surface area contributed by atoms with Crippen LogP contribution in [0.15, 0.2) is 24.3 Å². The van der Waals surface area contributed by atoms with Crippen molar-refractivity contribution in [1.29, 1.82) is 0 Å². The molecular formula is C11H12Cl2OS. The van der Waals surface area contributed by atoms with Gasteiger partial charge in [0.2, 0.25) is 5.12 Å². The summed E-state index contributed by atoms with van der Waals surface area (Å²) >= 11 is 15.6. The number of halogens is 2. The molecule has 1 nitrogen and oxygen atoms in total. The molecule has 82 valence electrons. The molecule has 1 rings (SSSR count). The fraction of sp³-hybridized carbons (Fsp3) is 0.364. The molecule has 0 saturated heterocycles. The molecule has 0 radical (unpaired) electrons. The lowest BCUT2D eigenvalue weighted by atomic mass is 9.81. The summed E-state index contributed by atoms with van der Waals surface area (Å²) in [6.45, 7) is 3.81. The first-order chi connectivity index (χ1) is 6.85. The lowest BCUT2D eigenvalue weighted by Gasteiger charge is -2.28. The molecule has 1 aromatic rings. The summed E-state index contributed by atoms with van der Waals surface area (Å²) in [6, 6.07) is 7.30. The highest BCUT2D eigenvalue weighted by Crippen LogP contribution is 2.32. The van der Waals surface area contributed by atoms with Crippen molar-refractivity contribution in [3.63, 3.8) is 0 Å². The summed E-state index contributed by atoms with van der Waals surface area (Å²) in [4.78, 5) is 11.1. The van der Waals surface area contributed by atoms with E-state index < -0.39 is 10.8 Å². The van der Waals surface area contributed by atoms with Gasteiger partial charge in [0.05, 0.1) is 0 Å². The fourth-order valence-corrected chi connectivity index (χ4v) is 1.91. The second-order valence-corrected chi connectivity index (χ2v) is 5.24. The molecule has 1 aromatic carbocycles. The Balaban J connectivity index is 3.05. The smallest absolute Gasteiger partial charge is 0.204 e. The minimum absolute atomic E-state index is 0.323. The van der Waals surface area contributed by atoms with Crippen molar-refractivity contribution in [1.82, 2.24) is 0 Å². The fourth-order valence-electron chi connectivity index (χ4n) is 1.33. The van der Waals surface area contributed by atoms with E-state index in [1.807, 2.05) is 26.0 Å². The Morgan fingerprint density at radius 3 is 2.20 bits per heavy atom. The van der Waals surface area contributed by atoms with Gasteiger partial charge < -0.3 is 0 Å². The van der Waals surface area contributed by atoms with Gasteiger partial charge >= 0.3 is 0 Å². The first kappa shape index (κ1) is 12.9. The minimum Gasteiger partial charge on any atom is -0.286 e. The number of carbonyl (C=O) groups is 1. The van der Waals surface area contributed by atoms with Crippen LogP contribution in [0, 0.1) is 0 Å². The van der Waals surface area contributed by atoms with Crippen molar-refractivity contribution >= 4 is 40.9 Å². The summed E-state index contributed by atoms with van der Waals surface area (Å²) in [6.07, 6.45) is 0. The zero-order valence-electron chi connectivity index (χ0n) is 8.50. The van der Waals surface area contributed by atoms with Crippen LogP contribution in [0.2, 0.25) is 5.02 Å². The van der Waals surface area contributed by atoms with Crippen molar-refractivity contribution in [2.75, 3.05) is 0 Å². The average Bonchev–Trinajstić information content (AvgIpc) is 2.17. The Bertz CT molecular complexity index is 359. The van der Waals surface area contributed by atoms with E-state index in [0.29, 0.717) is 5.02 Å². The minimum atomic E-state index is -0.651. The molecule has 0 aliphatic rings. The van der Waals surface area contributed by atoms with Gasteiger partial charge in [-0.15, -0.1) is 24.2 Å². The highest BCUT2D eigenvalue weighted by molar-refractivity contribution is 7.97. The molecule has 0 spiro atoms. The summed E-state index contributed by atoms with van der Waals surface area (Å²) in [5.74, 6) is 0. The van der Waals surface area contributed by atoms with Crippen LogP contribution in [-0.2, 0) is 10.2 Å². The topological polar surface area (TPSA) is 17.1 Å². The molecule has 1 unspecified atom stereocenters. The normalized spacial score (nSPS) is 13.7. The molecule has 1 atom stereocenters. The molecule has 0 aliphatic heterocycles. The van der Waals surface area contributed by atoms with Crippen molar-refractivity contribution < 1.29 is 4.79 Å². The third-order valence-electron chi connectivity index (χ3n) is 2.44. The van der Waals surface area contributed by atoms with Crippen LogP contribution in [0.3, 0.4) is 0 Å². The number of thiol groups is 1. The molecule has 0 amide bonds. The summed E-state index contributed by atoms with van der Waals surface area (Å²) in [7, 11) is 0. The molecule has 0 aliphatic carbocycles. The molecule has 0 aromatic heterocycles. The molecule has 0 heterocycles. The lowest BCUT2D eigenvalue weighted by molar-refractivity contribution is -0.111. The van der Waals surface area contributed by atoms with Crippen LogP contribution < -0.4 is 0 Å². The Labute approximate surface area is 105 Å². The van der Waals surface area contributed by atoms with Crippen LogP contribution in [0.1, 0.15) is 19.4 Å². The second-order valence-electron chi connectivity index (χ2n) is 3.93. The largest absolute Gasteiger partial charge is 0.286 e. The predicted octanol–water partition coefficient (Wildman–Crippen LogP) is 3.68. The first-order valence-corrected chi connectivity index (χ1v) is 5.75. The summed E-state index contributed by atoms with van der Waals surface area (Å²) in [5.41, 5.74) is 0.514. The van der Waals surface area contributed by atoms with E-state index in [4.69, 9.17) is 23.2 Å². The summed E-state index contributed by atoms with van der Waals surface area (Å²) < 4.78 is 0. The lowest BCUT2D eigenvalue weighted by Crippen LogP contribution is -2.33. The van der Waals surface area contributed by atoms with E-state index in [0.717, 1.165) is 5.56 Å². The first-order valence-electron chi connectivity index (χ1n) is 4.48. The zero-order valence-corrected chi connectivity index (χ0v) is 10.9. The second kappa shape index (κ2) is 4.77. The van der Waals surface area contributed by atoms with Crippen molar-refractivity contribution in [3.05, 3.63) is 34.9 Å². The third-order valence-corrected chi connectivity index (χ3v) is 3.84. The number of hydrogen-bond acceptors (Lipinski definition) is 1. The maximum atomic E-state index is 11.1. The van der Waals surface area contributed by atoms with Gasteiger partial charge in [-0.05, 0) is 17.7 Å². The van der Waals surface area contributed by atoms with Gasteiger partial charge in [0, 0.05) is 10.4 Å². The molecule has 4 heteroatoms. The van der Waals surface area contributed by atoms with Gasteiger partial charge in [-0.1, -0.05) is 37.6 Å². The molecular weight excluding hydrogens is 251 g/mol. The summed E-state index contributed by atoms with van der Waals surface area (Å²) in [5, 5.41) is -0.309. The van der Waals surface area contributed by atoms with E-state index in [2.05, 4.69) is 12.6 Å². The van der Waals surface area contributed by atoms with Gasteiger partial charge in [-0.25, -0.2) is 0 Å². The number of carbonyl (C=O) groups excluding carboxylic acids is 1. The zero-order chi connectivity index (χ0) is 11.6. The standard InChI is InChI=1S/C11H12Cl2OS/c1-11(2,9(13)10(14)15)7-3-5-8(12)6-4-7/h3-6,9H,1-2H3,(H,14,15). The molecule has 0 fully saturated rings. The molecule has 0 bridgehead atoms. The highest BCUT2D eigenvalue weighted by Gasteiger charge is 2.33. The van der Waals surface area contributed by atoms with Gasteiger partial charge in [0.1, 0.15) is 5.38 Å². The van der Waals surface area contributed by atoms with E-state index in [9.17, 15) is 4.79 Å². The van der Waals surface area contributed by atoms with Crippen LogP contribution in [0.4, 0.5) is 0 Å². The van der Waals surface area contributed by atoms with Gasteiger partial charge in [0.15, 0.2) is 0 Å². The number of alkyl halides is 1. The highest BCUT2D eigenvalue weighted by atomic mass is 35.5. The van der Waals surface area contributed by atoms with E-state index in [1.165, 1.54) is 0 Å². The SMILES string of the molecule is CC(C)(c1ccc(Cl)cc1)C(Cl)C(=O)S. The molecule has 0 saturated carbocycles. The monoisotopic (exact) mass is 262 g/mol. The third kappa shape index (κ3) is 2.90. The number of hydrogen-bond donors (Lipinski definition) is 1. The van der Waals surface area contributed by atoms with Crippen molar-refractivity contribution in [2.24, 2.45) is 0 Å². The van der Waals surface area contributed by atoms with Crippen LogP contribution in [0.5, 0.6) is 0 Å². The maximum absolute atomic E-state index is 11.1. The van der Waals surface area contributed by atoms with Gasteiger partial charge in [-0.2, -0.15) is 0 Å². The van der Waals surface area contributed by atoms with Crippen LogP contribution in [0.25, 0.3) is 0 Å². The Morgan fingerprint density at radius 2 is 1.80 bits per heavy atom. The number of rotatable bonds is 3. The Hall–Kier alpha value is -0.180. The quantitative estimate of drug-likeness (QED) is 0.650. The number of benzene rings is 1. The van der Waals surface area contributed by atoms with E-state index in [-0.39, 0.29) is 5.12 Å². The van der Waals surface area contributed by atoms with Crippen LogP contribution in [-0.4, -0.2) is 10.5 Å². The predicted molar refractivity (Wildman–Crippen MR) is 68.1 cm³/mol. The van der Waals surface area contributed by atoms with Gasteiger partial charge in [-0.3, -0.25) is 4.79 Å². The average molecular weight is 263 g/mol. The Morgan fingerprint density at radius 1 is 1.33 bits per heavy atom.